The van der Waals surface area contributed by atoms with E-state index in [1.54, 1.807) is 0 Å². The van der Waals surface area contributed by atoms with Gasteiger partial charge < -0.3 is 9.47 Å². The summed E-state index contributed by atoms with van der Waals surface area (Å²) in [7, 11) is 8.40. The summed E-state index contributed by atoms with van der Waals surface area (Å²) in [4.78, 5) is 2.27. The Morgan fingerprint density at radius 2 is 1.88 bits per heavy atom. The summed E-state index contributed by atoms with van der Waals surface area (Å²) in [5, 5.41) is 1.39. The Bertz CT molecular complexity index is 605. The first-order valence-corrected chi connectivity index (χ1v) is 6.21. The van der Waals surface area contributed by atoms with Gasteiger partial charge in [-0.15, -0.1) is 7.05 Å². The highest BCUT2D eigenvalue weighted by atomic mass is 15.2. The monoisotopic (exact) mass is 224 g/mol. The van der Waals surface area contributed by atoms with Gasteiger partial charge in [0.05, 0.1) is 0 Å². The van der Waals surface area contributed by atoms with Crippen molar-refractivity contribution in [1.82, 2.24) is 9.47 Å². The van der Waals surface area contributed by atoms with Crippen LogP contribution in [0, 0.1) is 14.1 Å². The highest BCUT2D eigenvalue weighted by Crippen LogP contribution is 2.49. The Hall–Kier alpha value is -1.41. The first-order valence-electron chi connectivity index (χ1n) is 6.21. The van der Waals surface area contributed by atoms with Crippen molar-refractivity contribution in [3.63, 3.8) is 0 Å². The lowest BCUT2D eigenvalue weighted by Gasteiger charge is -2.43. The van der Waals surface area contributed by atoms with Crippen LogP contribution in [0.15, 0.2) is 24.3 Å². The van der Waals surface area contributed by atoms with Gasteiger partial charge in [-0.3, -0.25) is 7.05 Å². The van der Waals surface area contributed by atoms with Crippen molar-refractivity contribution >= 4 is 10.9 Å². The smallest absolute Gasteiger partial charge is 0.00395 e. The largest absolute Gasteiger partial charge is 0.483 e. The summed E-state index contributed by atoms with van der Waals surface area (Å²) >= 11 is 0. The Morgan fingerprint density at radius 3 is 2.65 bits per heavy atom. The Labute approximate surface area is 102 Å². The fourth-order valence-corrected chi connectivity index (χ4v) is 3.23. The molecule has 1 aromatic heterocycles. The molecule has 2 heterocycles. The van der Waals surface area contributed by atoms with Crippen LogP contribution in [0.3, 0.4) is 0 Å². The maximum atomic E-state index is 4.22. The van der Waals surface area contributed by atoms with Crippen molar-refractivity contribution in [2.45, 2.75) is 31.3 Å². The molecule has 2 aliphatic rings. The lowest BCUT2D eigenvalue weighted by Crippen LogP contribution is -2.38. The average molecular weight is 224 g/mol. The van der Waals surface area contributed by atoms with Gasteiger partial charge in [-0.1, -0.05) is 46.4 Å². The highest BCUT2D eigenvalue weighted by Gasteiger charge is 2.45. The quantitative estimate of drug-likeness (QED) is 0.625. The fraction of sp³-hybridized carbons (Fsp3) is 0.333. The minimum atomic E-state index is 0.372. The van der Waals surface area contributed by atoms with E-state index in [0.717, 1.165) is 13.0 Å². The first-order chi connectivity index (χ1) is 8.21. The molecular weight excluding hydrogens is 208 g/mol. The van der Waals surface area contributed by atoms with Crippen molar-refractivity contribution in [3.05, 3.63) is 49.6 Å². The summed E-state index contributed by atoms with van der Waals surface area (Å²) in [5.74, 6) is 0. The number of hydrogen-bond acceptors (Lipinski definition) is 1. The number of para-hydroxylation sites is 1. The number of fused-ring (bicyclic) bond motifs is 3. The summed E-state index contributed by atoms with van der Waals surface area (Å²) in [6.07, 6.45) is 3.74. The van der Waals surface area contributed by atoms with Crippen LogP contribution in [-0.4, -0.2) is 15.0 Å². The van der Waals surface area contributed by atoms with Crippen molar-refractivity contribution < 1.29 is 0 Å². The summed E-state index contributed by atoms with van der Waals surface area (Å²) in [5.41, 5.74) is 4.48. The number of rotatable bonds is 0. The second-order valence-corrected chi connectivity index (χ2v) is 5.47. The average Bonchev–Trinajstić information content (AvgIpc) is 3.07. The minimum absolute atomic E-state index is 0.372. The van der Waals surface area contributed by atoms with Crippen molar-refractivity contribution in [1.29, 1.82) is 0 Å². The second kappa shape index (κ2) is 2.88. The topological polar surface area (TPSA) is 8.17 Å². The maximum Gasteiger partial charge on any atom is -0.00395 e. The van der Waals surface area contributed by atoms with Gasteiger partial charge in [0.25, 0.3) is 0 Å². The third-order valence-corrected chi connectivity index (χ3v) is 4.54. The molecule has 17 heavy (non-hydrogen) atoms. The zero-order valence-corrected chi connectivity index (χ0v) is 9.95. The van der Waals surface area contributed by atoms with Gasteiger partial charge in [-0.05, 0) is 31.3 Å². The van der Waals surface area contributed by atoms with Crippen molar-refractivity contribution in [3.8, 4) is 0 Å². The lowest BCUT2D eigenvalue weighted by molar-refractivity contribution is 0.218. The molecule has 0 amide bonds. The number of aromatic nitrogens is 1. The van der Waals surface area contributed by atoms with E-state index in [1.807, 2.05) is 0 Å². The van der Waals surface area contributed by atoms with E-state index in [0.29, 0.717) is 5.54 Å². The molecular formula is C15H16N2-2. The van der Waals surface area contributed by atoms with Crippen LogP contribution in [0.25, 0.3) is 10.9 Å². The molecule has 1 spiro atoms. The molecule has 1 fully saturated rings. The number of nitrogens with zero attached hydrogens (tertiary/aromatic N) is 2. The van der Waals surface area contributed by atoms with Gasteiger partial charge in [-0.2, -0.15) is 0 Å². The third-order valence-electron chi connectivity index (χ3n) is 4.54. The van der Waals surface area contributed by atoms with E-state index in [9.17, 15) is 0 Å². The van der Waals surface area contributed by atoms with Gasteiger partial charge in [0, 0.05) is 0 Å². The van der Waals surface area contributed by atoms with Crippen LogP contribution in [0.4, 0.5) is 0 Å². The molecule has 0 radical (unpaired) electrons. The van der Waals surface area contributed by atoms with Crippen LogP contribution in [0.1, 0.15) is 24.1 Å². The van der Waals surface area contributed by atoms with E-state index < -0.39 is 0 Å². The van der Waals surface area contributed by atoms with Crippen LogP contribution < -0.4 is 0 Å². The van der Waals surface area contributed by atoms with Crippen LogP contribution in [-0.2, 0) is 13.0 Å². The zero-order valence-electron chi connectivity index (χ0n) is 9.95. The van der Waals surface area contributed by atoms with E-state index in [4.69, 9.17) is 0 Å². The van der Waals surface area contributed by atoms with Crippen LogP contribution >= 0.6 is 0 Å². The molecule has 0 atom stereocenters. The normalized spacial score (nSPS) is 21.9. The molecule has 88 valence electrons. The molecule has 1 aliphatic carbocycles. The molecule has 2 nitrogen and oxygen atoms in total. The fourth-order valence-electron chi connectivity index (χ4n) is 3.23. The Morgan fingerprint density at radius 1 is 1.12 bits per heavy atom. The molecule has 0 unspecified atom stereocenters. The SMILES string of the molecule is [CH2-]N1Cc2c(c3ccccc3n2[CH2-])CC12CC2. The Kier molecular flexibility index (Phi) is 1.63. The number of benzene rings is 1. The van der Waals surface area contributed by atoms with Gasteiger partial charge >= 0.3 is 0 Å². The van der Waals surface area contributed by atoms with Crippen molar-refractivity contribution in [2.75, 3.05) is 0 Å². The van der Waals surface area contributed by atoms with Crippen LogP contribution in [0.5, 0.6) is 0 Å². The van der Waals surface area contributed by atoms with Gasteiger partial charge in [0.1, 0.15) is 0 Å². The zero-order chi connectivity index (χ0) is 11.6. The van der Waals surface area contributed by atoms with Crippen molar-refractivity contribution in [2.24, 2.45) is 0 Å². The van der Waals surface area contributed by atoms with E-state index in [2.05, 4.69) is 47.8 Å². The highest BCUT2D eigenvalue weighted by molar-refractivity contribution is 5.86. The van der Waals surface area contributed by atoms with Gasteiger partial charge in [0.2, 0.25) is 0 Å². The molecule has 0 bridgehead atoms. The Balaban J connectivity index is 2.00. The predicted octanol–water partition coefficient (Wildman–Crippen LogP) is 2.96. The molecule has 1 saturated carbocycles. The molecule has 2 heteroatoms. The molecule has 4 rings (SSSR count). The number of hydrogen-bond donors (Lipinski definition) is 0. The molecule has 2 aromatic rings. The van der Waals surface area contributed by atoms with Gasteiger partial charge in [0.15, 0.2) is 0 Å². The van der Waals surface area contributed by atoms with E-state index in [1.165, 1.54) is 35.0 Å². The van der Waals surface area contributed by atoms with E-state index in [-0.39, 0.29) is 0 Å². The minimum Gasteiger partial charge on any atom is -0.483 e. The molecule has 1 aromatic carbocycles. The standard InChI is InChI=1S/C15H16N2/c1-16-10-14-12(9-15(16)7-8-15)11-5-3-4-6-13(11)17(14)2/h3-6H,1-2,7-10H2/q-2. The lowest BCUT2D eigenvalue weighted by atomic mass is 9.95. The molecule has 0 N–H and O–H groups in total. The maximum absolute atomic E-state index is 4.22. The van der Waals surface area contributed by atoms with E-state index >= 15 is 0 Å². The van der Waals surface area contributed by atoms with Gasteiger partial charge in [-0.25, -0.2) is 0 Å². The summed E-state index contributed by atoms with van der Waals surface area (Å²) in [6, 6.07) is 8.60. The predicted molar refractivity (Wildman–Crippen MR) is 69.3 cm³/mol. The third kappa shape index (κ3) is 1.11. The molecule has 1 aliphatic heterocycles. The van der Waals surface area contributed by atoms with Crippen LogP contribution in [0.2, 0.25) is 0 Å². The summed E-state index contributed by atoms with van der Waals surface area (Å²) in [6.45, 7) is 0.938. The first kappa shape index (κ1) is 9.60. The second-order valence-electron chi connectivity index (χ2n) is 5.47. The summed E-state index contributed by atoms with van der Waals surface area (Å²) < 4.78 is 2.10. The molecule has 0 saturated heterocycles.